The average Bonchev–Trinajstić information content (AvgIpc) is 2.85. The Morgan fingerprint density at radius 3 is 2.33 bits per heavy atom. The Kier molecular flexibility index (Phi) is 7.01. The molecule has 2 aliphatic rings. The molecule has 2 atom stereocenters. The molecule has 2 aromatic carbocycles. The Bertz CT molecular complexity index is 1120. The van der Waals surface area contributed by atoms with Crippen LogP contribution in [-0.2, 0) is 19.9 Å². The molecule has 2 amide bonds. The number of carbonyl (C=O) groups excluding carboxylic acids is 2. The summed E-state index contributed by atoms with van der Waals surface area (Å²) >= 11 is 0. The van der Waals surface area contributed by atoms with Gasteiger partial charge in [-0.3, -0.25) is 9.59 Å². The molecule has 2 aromatic rings. The molecule has 0 bridgehead atoms. The fourth-order valence-corrected chi connectivity index (χ4v) is 5.66. The Hall–Kier alpha value is -3.14. The molecule has 2 heterocycles. The summed E-state index contributed by atoms with van der Waals surface area (Å²) in [5.41, 5.74) is -3.34. The van der Waals surface area contributed by atoms with Crippen molar-refractivity contribution in [3.8, 4) is 5.75 Å². The van der Waals surface area contributed by atoms with Crippen molar-refractivity contribution in [2.75, 3.05) is 33.9 Å². The zero-order valence-corrected chi connectivity index (χ0v) is 20.0. The third kappa shape index (κ3) is 4.31. The van der Waals surface area contributed by atoms with E-state index in [1.807, 2.05) is 0 Å². The molecular weight excluding hydrogens is 480 g/mol. The molecule has 1 N–H and O–H groups in total. The number of nitrogens with one attached hydrogen (secondary N) is 1. The molecule has 4 rings (SSSR count). The molecule has 2 fully saturated rings. The highest BCUT2D eigenvalue weighted by Gasteiger charge is 2.64. The van der Waals surface area contributed by atoms with Crippen molar-refractivity contribution in [2.24, 2.45) is 5.41 Å². The molecule has 6 nitrogen and oxygen atoms in total. The van der Waals surface area contributed by atoms with Gasteiger partial charge in [-0.2, -0.15) is 13.2 Å². The minimum Gasteiger partial charge on any atom is -0.496 e. The molecule has 0 radical (unpaired) electrons. The number of likely N-dealkylation sites (tertiary alicyclic amines) is 1. The lowest BCUT2D eigenvalue weighted by Crippen LogP contribution is -2.60. The standard InChI is InChI=1S/C26H28F4N2O4/c1-35-21-14-18(27)8-9-19(21)20-16-31-22(33)15-24(20)10-12-32(13-11-24)23(34)25(36-2,26(28,29)30)17-6-4-3-5-7-17/h3-9,14,20H,10-13,15-16H2,1-2H3,(H,31,33)/t20-,25-/m1/s1. The summed E-state index contributed by atoms with van der Waals surface area (Å²) in [7, 11) is 2.31. The van der Waals surface area contributed by atoms with Crippen molar-refractivity contribution in [3.05, 3.63) is 65.5 Å². The Balaban J connectivity index is 1.64. The van der Waals surface area contributed by atoms with E-state index in [4.69, 9.17) is 9.47 Å². The predicted octanol–water partition coefficient (Wildman–Crippen LogP) is 4.15. The van der Waals surface area contributed by atoms with Crippen LogP contribution in [0.4, 0.5) is 17.6 Å². The average molecular weight is 509 g/mol. The van der Waals surface area contributed by atoms with Crippen molar-refractivity contribution >= 4 is 11.8 Å². The molecular formula is C26H28F4N2O4. The van der Waals surface area contributed by atoms with Crippen molar-refractivity contribution in [1.29, 1.82) is 0 Å². The van der Waals surface area contributed by atoms with Crippen LogP contribution in [0, 0.1) is 11.2 Å². The highest BCUT2D eigenvalue weighted by molar-refractivity contribution is 5.88. The van der Waals surface area contributed by atoms with E-state index in [2.05, 4.69) is 5.32 Å². The number of piperidine rings is 2. The van der Waals surface area contributed by atoms with Gasteiger partial charge in [0.15, 0.2) is 0 Å². The second kappa shape index (κ2) is 9.72. The van der Waals surface area contributed by atoms with Crippen LogP contribution in [0.2, 0.25) is 0 Å². The second-order valence-corrected chi connectivity index (χ2v) is 9.32. The fourth-order valence-electron chi connectivity index (χ4n) is 5.66. The van der Waals surface area contributed by atoms with E-state index in [-0.39, 0.29) is 43.4 Å². The normalized spacial score (nSPS) is 21.6. The number of alkyl halides is 3. The smallest absolute Gasteiger partial charge is 0.430 e. The van der Waals surface area contributed by atoms with E-state index in [0.717, 1.165) is 7.11 Å². The third-order valence-electron chi connectivity index (χ3n) is 7.56. The van der Waals surface area contributed by atoms with Gasteiger partial charge >= 0.3 is 6.18 Å². The molecule has 194 valence electrons. The minimum absolute atomic E-state index is 0.0140. The van der Waals surface area contributed by atoms with Gasteiger partial charge in [-0.25, -0.2) is 4.39 Å². The van der Waals surface area contributed by atoms with Gasteiger partial charge in [-0.1, -0.05) is 36.4 Å². The molecule has 1 spiro atoms. The topological polar surface area (TPSA) is 67.9 Å². The summed E-state index contributed by atoms with van der Waals surface area (Å²) in [6.07, 6.45) is -4.26. The van der Waals surface area contributed by atoms with Crippen LogP contribution >= 0.6 is 0 Å². The number of hydrogen-bond acceptors (Lipinski definition) is 4. The van der Waals surface area contributed by atoms with Crippen molar-refractivity contribution in [1.82, 2.24) is 10.2 Å². The van der Waals surface area contributed by atoms with Crippen LogP contribution < -0.4 is 10.1 Å². The number of ether oxygens (including phenoxy) is 2. The number of hydrogen-bond donors (Lipinski definition) is 1. The van der Waals surface area contributed by atoms with Crippen molar-refractivity contribution in [2.45, 2.75) is 37.0 Å². The zero-order chi connectivity index (χ0) is 26.1. The van der Waals surface area contributed by atoms with Crippen molar-refractivity contribution < 1.29 is 36.6 Å². The molecule has 36 heavy (non-hydrogen) atoms. The van der Waals surface area contributed by atoms with Crippen molar-refractivity contribution in [3.63, 3.8) is 0 Å². The highest BCUT2D eigenvalue weighted by Crippen LogP contribution is 2.52. The van der Waals surface area contributed by atoms with E-state index >= 15 is 0 Å². The summed E-state index contributed by atoms with van der Waals surface area (Å²) in [6.45, 7) is 0.309. The molecule has 2 aliphatic heterocycles. The molecule has 0 aromatic heterocycles. The van der Waals surface area contributed by atoms with E-state index in [1.165, 1.54) is 48.4 Å². The van der Waals surface area contributed by atoms with E-state index in [0.29, 0.717) is 24.2 Å². The number of halogens is 4. The maximum Gasteiger partial charge on any atom is 0.430 e. The Labute approximate surface area is 206 Å². The monoisotopic (exact) mass is 508 g/mol. The van der Waals surface area contributed by atoms with Gasteiger partial charge in [0.1, 0.15) is 11.6 Å². The lowest BCUT2D eigenvalue weighted by Gasteiger charge is -2.50. The quantitative estimate of drug-likeness (QED) is 0.617. The second-order valence-electron chi connectivity index (χ2n) is 9.32. The van der Waals surface area contributed by atoms with Gasteiger partial charge in [-0.05, 0) is 29.9 Å². The minimum atomic E-state index is -5.00. The van der Waals surface area contributed by atoms with Crippen LogP contribution in [0.1, 0.15) is 36.3 Å². The predicted molar refractivity (Wildman–Crippen MR) is 123 cm³/mol. The molecule has 2 saturated heterocycles. The highest BCUT2D eigenvalue weighted by atomic mass is 19.4. The first-order chi connectivity index (χ1) is 17.1. The Morgan fingerprint density at radius 2 is 1.75 bits per heavy atom. The largest absolute Gasteiger partial charge is 0.496 e. The fraction of sp³-hybridized carbons (Fsp3) is 0.462. The van der Waals surface area contributed by atoms with Gasteiger partial charge in [0, 0.05) is 50.7 Å². The number of methoxy groups -OCH3 is 2. The third-order valence-corrected chi connectivity index (χ3v) is 7.56. The number of amides is 2. The maximum absolute atomic E-state index is 14.4. The van der Waals surface area contributed by atoms with Crippen LogP contribution in [0.25, 0.3) is 0 Å². The van der Waals surface area contributed by atoms with Crippen LogP contribution in [-0.4, -0.2) is 56.7 Å². The number of carbonyl (C=O) groups is 2. The first-order valence-electron chi connectivity index (χ1n) is 11.6. The van der Waals surface area contributed by atoms with Crippen LogP contribution in [0.5, 0.6) is 5.75 Å². The lowest BCUT2D eigenvalue weighted by molar-refractivity contribution is -0.271. The molecule has 10 heteroatoms. The molecule has 0 saturated carbocycles. The number of nitrogens with zero attached hydrogens (tertiary/aromatic N) is 1. The first kappa shape index (κ1) is 25.9. The van der Waals surface area contributed by atoms with Gasteiger partial charge in [-0.15, -0.1) is 0 Å². The van der Waals surface area contributed by atoms with Gasteiger partial charge in [0.2, 0.25) is 5.91 Å². The van der Waals surface area contributed by atoms with Crippen LogP contribution in [0.15, 0.2) is 48.5 Å². The van der Waals surface area contributed by atoms with E-state index in [1.54, 1.807) is 12.1 Å². The summed E-state index contributed by atoms with van der Waals surface area (Å²) < 4.78 is 67.4. The first-order valence-corrected chi connectivity index (χ1v) is 11.6. The summed E-state index contributed by atoms with van der Waals surface area (Å²) in [4.78, 5) is 27.0. The summed E-state index contributed by atoms with van der Waals surface area (Å²) in [6, 6.07) is 11.1. The number of benzene rings is 2. The number of rotatable bonds is 5. The molecule has 0 unspecified atom stereocenters. The summed E-state index contributed by atoms with van der Waals surface area (Å²) in [5.74, 6) is -1.73. The summed E-state index contributed by atoms with van der Waals surface area (Å²) in [5, 5.41) is 2.84. The maximum atomic E-state index is 14.4. The molecule has 0 aliphatic carbocycles. The van der Waals surface area contributed by atoms with Gasteiger partial charge in [0.25, 0.3) is 11.5 Å². The zero-order valence-electron chi connectivity index (χ0n) is 20.0. The Morgan fingerprint density at radius 1 is 1.08 bits per heavy atom. The van der Waals surface area contributed by atoms with E-state index in [9.17, 15) is 27.2 Å². The lowest BCUT2D eigenvalue weighted by atomic mass is 9.62. The van der Waals surface area contributed by atoms with E-state index < -0.39 is 28.9 Å². The SMILES string of the molecule is COc1cc(F)ccc1[C@H]1CNC(=O)CC12CCN(C(=O)[C@](OC)(c1ccccc1)C(F)(F)F)CC2. The van der Waals surface area contributed by atoms with Gasteiger partial charge < -0.3 is 19.7 Å². The van der Waals surface area contributed by atoms with Crippen LogP contribution in [0.3, 0.4) is 0 Å². The van der Waals surface area contributed by atoms with Gasteiger partial charge in [0.05, 0.1) is 7.11 Å².